The van der Waals surface area contributed by atoms with Crippen molar-refractivity contribution in [2.24, 2.45) is 0 Å². The number of fused-ring (bicyclic) bond motifs is 1. The highest BCUT2D eigenvalue weighted by molar-refractivity contribution is 5.87. The van der Waals surface area contributed by atoms with Gasteiger partial charge in [0.25, 0.3) is 5.56 Å². The minimum Gasteiger partial charge on any atom is -0.337 e. The molecular formula is C15H15N3O2. The van der Waals surface area contributed by atoms with Crippen molar-refractivity contribution in [2.75, 3.05) is 13.1 Å². The maximum absolute atomic E-state index is 12.5. The highest BCUT2D eigenvalue weighted by Crippen LogP contribution is 2.20. The Hall–Kier alpha value is -2.43. The van der Waals surface area contributed by atoms with Crippen LogP contribution in [0.15, 0.2) is 48.0 Å². The minimum absolute atomic E-state index is 0.0106. The molecular weight excluding hydrogens is 254 g/mol. The molecule has 1 amide bonds. The van der Waals surface area contributed by atoms with Gasteiger partial charge in [-0.1, -0.05) is 18.7 Å². The van der Waals surface area contributed by atoms with Crippen LogP contribution in [0.2, 0.25) is 0 Å². The number of hydrogen-bond donors (Lipinski definition) is 0. The molecule has 5 nitrogen and oxygen atoms in total. The van der Waals surface area contributed by atoms with Crippen LogP contribution in [-0.2, 0) is 4.79 Å². The first-order valence-corrected chi connectivity index (χ1v) is 6.58. The topological polar surface area (TPSA) is 55.2 Å². The summed E-state index contributed by atoms with van der Waals surface area (Å²) in [4.78, 5) is 30.1. The van der Waals surface area contributed by atoms with Crippen molar-refractivity contribution in [1.29, 1.82) is 0 Å². The molecule has 0 radical (unpaired) electrons. The molecule has 1 aliphatic rings. The Kier molecular flexibility index (Phi) is 3.10. The Labute approximate surface area is 116 Å². The van der Waals surface area contributed by atoms with Gasteiger partial charge in [-0.05, 0) is 24.6 Å². The van der Waals surface area contributed by atoms with Crippen LogP contribution < -0.4 is 5.56 Å². The fourth-order valence-electron chi connectivity index (χ4n) is 2.64. The van der Waals surface area contributed by atoms with Gasteiger partial charge < -0.3 is 4.90 Å². The molecule has 0 bridgehead atoms. The highest BCUT2D eigenvalue weighted by atomic mass is 16.2. The second kappa shape index (κ2) is 4.92. The van der Waals surface area contributed by atoms with Crippen LogP contribution in [0, 0.1) is 0 Å². The number of benzene rings is 1. The van der Waals surface area contributed by atoms with Crippen LogP contribution in [0.4, 0.5) is 0 Å². The number of hydrogen-bond acceptors (Lipinski definition) is 3. The van der Waals surface area contributed by atoms with Gasteiger partial charge in [0.05, 0.1) is 23.3 Å². The van der Waals surface area contributed by atoms with Gasteiger partial charge in [-0.3, -0.25) is 14.2 Å². The zero-order valence-corrected chi connectivity index (χ0v) is 11.0. The van der Waals surface area contributed by atoms with E-state index in [1.165, 1.54) is 6.08 Å². The van der Waals surface area contributed by atoms with Gasteiger partial charge in [-0.25, -0.2) is 4.98 Å². The lowest BCUT2D eigenvalue weighted by Gasteiger charge is -2.16. The monoisotopic (exact) mass is 269 g/mol. The molecule has 102 valence electrons. The molecule has 0 spiro atoms. The quantitative estimate of drug-likeness (QED) is 0.773. The van der Waals surface area contributed by atoms with Crippen LogP contribution in [0.5, 0.6) is 0 Å². The van der Waals surface area contributed by atoms with Crippen molar-refractivity contribution >= 4 is 16.8 Å². The average molecular weight is 269 g/mol. The summed E-state index contributed by atoms with van der Waals surface area (Å²) in [6.45, 7) is 4.67. The summed E-state index contributed by atoms with van der Waals surface area (Å²) in [6.07, 6.45) is 3.65. The predicted octanol–water partition coefficient (Wildman–Crippen LogP) is 1.36. The first-order chi connectivity index (χ1) is 9.70. The lowest BCUT2D eigenvalue weighted by Crippen LogP contribution is -2.30. The van der Waals surface area contributed by atoms with Crippen LogP contribution in [0.3, 0.4) is 0 Å². The molecule has 1 aromatic heterocycles. The largest absolute Gasteiger partial charge is 0.337 e. The summed E-state index contributed by atoms with van der Waals surface area (Å²) in [7, 11) is 0. The number of likely N-dealkylation sites (tertiary alicyclic amines) is 1. The zero-order valence-electron chi connectivity index (χ0n) is 11.0. The van der Waals surface area contributed by atoms with Crippen molar-refractivity contribution in [3.63, 3.8) is 0 Å². The molecule has 1 saturated heterocycles. The van der Waals surface area contributed by atoms with Crippen molar-refractivity contribution in [3.8, 4) is 0 Å². The molecule has 20 heavy (non-hydrogen) atoms. The van der Waals surface area contributed by atoms with E-state index in [9.17, 15) is 9.59 Å². The molecule has 5 heteroatoms. The number of aromatic nitrogens is 2. The van der Waals surface area contributed by atoms with E-state index in [1.54, 1.807) is 21.9 Å². The predicted molar refractivity (Wildman–Crippen MR) is 76.4 cm³/mol. The fourth-order valence-corrected chi connectivity index (χ4v) is 2.64. The molecule has 2 heterocycles. The van der Waals surface area contributed by atoms with Gasteiger partial charge >= 0.3 is 0 Å². The molecule has 1 atom stereocenters. The number of amides is 1. The van der Waals surface area contributed by atoms with Gasteiger partial charge in [0.2, 0.25) is 5.91 Å². The highest BCUT2D eigenvalue weighted by Gasteiger charge is 2.27. The van der Waals surface area contributed by atoms with Crippen LogP contribution in [-0.4, -0.2) is 33.4 Å². The number of nitrogens with zero attached hydrogens (tertiary/aromatic N) is 3. The Morgan fingerprint density at radius 2 is 2.20 bits per heavy atom. The lowest BCUT2D eigenvalue weighted by atomic mass is 10.2. The molecule has 1 fully saturated rings. The van der Waals surface area contributed by atoms with Crippen molar-refractivity contribution in [2.45, 2.75) is 12.5 Å². The Bertz CT molecular complexity index is 735. The van der Waals surface area contributed by atoms with E-state index in [-0.39, 0.29) is 17.5 Å². The van der Waals surface area contributed by atoms with Crippen molar-refractivity contribution in [1.82, 2.24) is 14.5 Å². The number of para-hydroxylation sites is 1. The number of carbonyl (C=O) groups is 1. The van der Waals surface area contributed by atoms with Gasteiger partial charge in [0.1, 0.15) is 0 Å². The standard InChI is InChI=1S/C15H15N3O2/c1-2-14(19)17-8-7-11(9-17)18-10-16-13-6-4-3-5-12(13)15(18)20/h2-6,10-11H,1,7-9H2. The van der Waals surface area contributed by atoms with E-state index >= 15 is 0 Å². The summed E-state index contributed by atoms with van der Waals surface area (Å²) in [5.74, 6) is -0.0886. The normalized spacial score (nSPS) is 18.4. The SMILES string of the molecule is C=CC(=O)N1CCC(n2cnc3ccccc3c2=O)C1. The van der Waals surface area contributed by atoms with Crippen LogP contribution in [0.1, 0.15) is 12.5 Å². The first-order valence-electron chi connectivity index (χ1n) is 6.58. The fraction of sp³-hybridized carbons (Fsp3) is 0.267. The summed E-state index contributed by atoms with van der Waals surface area (Å²) in [6, 6.07) is 7.28. The molecule has 1 unspecified atom stereocenters. The van der Waals surface area contributed by atoms with Gasteiger partial charge in [-0.2, -0.15) is 0 Å². The van der Waals surface area contributed by atoms with E-state index in [0.717, 1.165) is 6.42 Å². The van der Waals surface area contributed by atoms with E-state index in [0.29, 0.717) is 24.0 Å². The zero-order chi connectivity index (χ0) is 14.1. The Morgan fingerprint density at radius 1 is 1.40 bits per heavy atom. The molecule has 3 rings (SSSR count). The summed E-state index contributed by atoms with van der Waals surface area (Å²) in [5.41, 5.74) is 0.652. The molecule has 1 aliphatic heterocycles. The number of rotatable bonds is 2. The molecule has 0 saturated carbocycles. The molecule has 2 aromatic rings. The molecule has 1 aromatic carbocycles. The van der Waals surface area contributed by atoms with Crippen LogP contribution in [0.25, 0.3) is 10.9 Å². The van der Waals surface area contributed by atoms with E-state index < -0.39 is 0 Å². The van der Waals surface area contributed by atoms with Crippen molar-refractivity contribution in [3.05, 3.63) is 53.6 Å². The van der Waals surface area contributed by atoms with Gasteiger partial charge in [-0.15, -0.1) is 0 Å². The molecule has 0 aliphatic carbocycles. The van der Waals surface area contributed by atoms with E-state index in [1.807, 2.05) is 18.2 Å². The average Bonchev–Trinajstić information content (AvgIpc) is 2.97. The maximum atomic E-state index is 12.5. The first kappa shape index (κ1) is 12.6. The maximum Gasteiger partial charge on any atom is 0.261 e. The second-order valence-corrected chi connectivity index (χ2v) is 4.91. The Balaban J connectivity index is 1.96. The third-order valence-electron chi connectivity index (χ3n) is 3.73. The summed E-state index contributed by atoms with van der Waals surface area (Å²) < 4.78 is 1.64. The smallest absolute Gasteiger partial charge is 0.261 e. The lowest BCUT2D eigenvalue weighted by molar-refractivity contribution is -0.125. The number of carbonyl (C=O) groups excluding carboxylic acids is 1. The Morgan fingerprint density at radius 3 is 3.00 bits per heavy atom. The van der Waals surface area contributed by atoms with E-state index in [4.69, 9.17) is 0 Å². The van der Waals surface area contributed by atoms with E-state index in [2.05, 4.69) is 11.6 Å². The minimum atomic E-state index is -0.0886. The second-order valence-electron chi connectivity index (χ2n) is 4.91. The van der Waals surface area contributed by atoms with Gasteiger partial charge in [0, 0.05) is 13.1 Å². The van der Waals surface area contributed by atoms with Gasteiger partial charge in [0.15, 0.2) is 0 Å². The van der Waals surface area contributed by atoms with Crippen LogP contribution >= 0.6 is 0 Å². The summed E-state index contributed by atoms with van der Waals surface area (Å²) in [5, 5.41) is 0.614. The third-order valence-corrected chi connectivity index (χ3v) is 3.73. The molecule has 0 N–H and O–H groups in total. The summed E-state index contributed by atoms with van der Waals surface area (Å²) >= 11 is 0. The van der Waals surface area contributed by atoms with Crippen molar-refractivity contribution < 1.29 is 4.79 Å². The third kappa shape index (κ3) is 2.01.